The van der Waals surface area contributed by atoms with Crippen LogP contribution in [0.4, 0.5) is 0 Å². The summed E-state index contributed by atoms with van der Waals surface area (Å²) in [5.41, 5.74) is 0. The van der Waals surface area contributed by atoms with Gasteiger partial charge in [-0.1, -0.05) is 45.4 Å². The molecule has 0 aromatic carbocycles. The highest BCUT2D eigenvalue weighted by Crippen LogP contribution is 2.41. The standard InChI is InChI=1S/C22H40O3/c1-2-3-4-7-19-8-10-20(11-9-19)21-12-14-22(15-13-21)25-17-6-5-16-24-18-23/h18-22H,2-17H2,1H3. The van der Waals surface area contributed by atoms with Crippen LogP contribution in [0.2, 0.25) is 0 Å². The minimum atomic E-state index is 0.480. The summed E-state index contributed by atoms with van der Waals surface area (Å²) in [5, 5.41) is 0. The highest BCUT2D eigenvalue weighted by molar-refractivity contribution is 5.36. The molecule has 0 bridgehead atoms. The number of carbonyl (C=O) groups is 1. The van der Waals surface area contributed by atoms with E-state index in [0.29, 0.717) is 19.2 Å². The van der Waals surface area contributed by atoms with E-state index >= 15 is 0 Å². The summed E-state index contributed by atoms with van der Waals surface area (Å²) in [6, 6.07) is 0. The Bertz CT molecular complexity index is 328. The van der Waals surface area contributed by atoms with E-state index < -0.39 is 0 Å². The average molecular weight is 353 g/mol. The maximum Gasteiger partial charge on any atom is 0.293 e. The zero-order valence-corrected chi connectivity index (χ0v) is 16.4. The molecule has 3 nitrogen and oxygen atoms in total. The molecule has 0 aliphatic heterocycles. The average Bonchev–Trinajstić information content (AvgIpc) is 2.66. The van der Waals surface area contributed by atoms with E-state index in [0.717, 1.165) is 37.2 Å². The van der Waals surface area contributed by atoms with Gasteiger partial charge in [0.2, 0.25) is 0 Å². The van der Waals surface area contributed by atoms with Crippen LogP contribution < -0.4 is 0 Å². The first-order valence-electron chi connectivity index (χ1n) is 11.0. The van der Waals surface area contributed by atoms with Crippen LogP contribution in [-0.2, 0) is 14.3 Å². The molecule has 0 unspecified atom stereocenters. The van der Waals surface area contributed by atoms with E-state index in [-0.39, 0.29) is 0 Å². The molecule has 0 heterocycles. The Morgan fingerprint density at radius 3 is 2.08 bits per heavy atom. The normalized spacial score (nSPS) is 30.1. The molecular formula is C22H40O3. The fourth-order valence-electron chi connectivity index (χ4n) is 4.94. The Morgan fingerprint density at radius 2 is 1.44 bits per heavy atom. The summed E-state index contributed by atoms with van der Waals surface area (Å²) >= 11 is 0. The van der Waals surface area contributed by atoms with Crippen LogP contribution in [0.15, 0.2) is 0 Å². The SMILES string of the molecule is CCCCCC1CCC(C2CCC(OCCCCOC=O)CC2)CC1. The summed E-state index contributed by atoms with van der Waals surface area (Å²) in [6.45, 7) is 4.18. The van der Waals surface area contributed by atoms with Gasteiger partial charge in [-0.25, -0.2) is 0 Å². The first kappa shape index (κ1) is 20.7. The zero-order valence-electron chi connectivity index (χ0n) is 16.4. The summed E-state index contributed by atoms with van der Waals surface area (Å²) < 4.78 is 10.7. The Morgan fingerprint density at radius 1 is 0.800 bits per heavy atom. The van der Waals surface area contributed by atoms with E-state index in [1.807, 2.05) is 0 Å². The van der Waals surface area contributed by atoms with Crippen molar-refractivity contribution in [3.8, 4) is 0 Å². The molecule has 0 spiro atoms. The number of unbranched alkanes of at least 4 members (excludes halogenated alkanes) is 3. The number of ether oxygens (including phenoxy) is 2. The van der Waals surface area contributed by atoms with Gasteiger partial charge >= 0.3 is 0 Å². The van der Waals surface area contributed by atoms with Crippen molar-refractivity contribution in [3.63, 3.8) is 0 Å². The summed E-state index contributed by atoms with van der Waals surface area (Å²) in [4.78, 5) is 10.1. The predicted molar refractivity (Wildman–Crippen MR) is 103 cm³/mol. The minimum absolute atomic E-state index is 0.480. The van der Waals surface area contributed by atoms with Gasteiger partial charge in [-0.3, -0.25) is 4.79 Å². The predicted octanol–water partition coefficient (Wildman–Crippen LogP) is 5.90. The molecule has 3 heteroatoms. The second kappa shape index (κ2) is 12.7. The first-order chi connectivity index (χ1) is 12.3. The van der Waals surface area contributed by atoms with Crippen molar-refractivity contribution in [2.75, 3.05) is 13.2 Å². The lowest BCUT2D eigenvalue weighted by Crippen LogP contribution is -2.28. The monoisotopic (exact) mass is 352 g/mol. The molecule has 0 amide bonds. The Balaban J connectivity index is 1.51. The maximum absolute atomic E-state index is 10.1. The molecule has 2 fully saturated rings. The minimum Gasteiger partial charge on any atom is -0.468 e. The lowest BCUT2D eigenvalue weighted by molar-refractivity contribution is -0.128. The van der Waals surface area contributed by atoms with E-state index in [4.69, 9.17) is 9.47 Å². The second-order valence-electron chi connectivity index (χ2n) is 8.36. The molecule has 0 N–H and O–H groups in total. The van der Waals surface area contributed by atoms with Gasteiger partial charge in [0.05, 0.1) is 12.7 Å². The third-order valence-electron chi connectivity index (χ3n) is 6.57. The van der Waals surface area contributed by atoms with E-state index in [9.17, 15) is 4.79 Å². The lowest BCUT2D eigenvalue weighted by Gasteiger charge is -2.38. The molecule has 2 saturated carbocycles. The van der Waals surface area contributed by atoms with Crippen molar-refractivity contribution < 1.29 is 14.3 Å². The molecule has 0 radical (unpaired) electrons. The first-order valence-corrected chi connectivity index (χ1v) is 11.0. The quantitative estimate of drug-likeness (QED) is 0.324. The van der Waals surface area contributed by atoms with Gasteiger partial charge in [0, 0.05) is 6.61 Å². The molecule has 0 atom stereocenters. The van der Waals surface area contributed by atoms with Crippen molar-refractivity contribution in [2.45, 2.75) is 103 Å². The van der Waals surface area contributed by atoms with Crippen LogP contribution in [0.5, 0.6) is 0 Å². The van der Waals surface area contributed by atoms with E-state index in [1.54, 1.807) is 0 Å². The topological polar surface area (TPSA) is 35.5 Å². The van der Waals surface area contributed by atoms with E-state index in [1.165, 1.54) is 77.0 Å². The molecule has 2 rings (SSSR count). The van der Waals surface area contributed by atoms with Gasteiger partial charge in [-0.2, -0.15) is 0 Å². The maximum atomic E-state index is 10.1. The number of hydrogen-bond acceptors (Lipinski definition) is 3. The third kappa shape index (κ3) is 8.11. The van der Waals surface area contributed by atoms with Crippen molar-refractivity contribution in [1.29, 1.82) is 0 Å². The fraction of sp³-hybridized carbons (Fsp3) is 0.955. The van der Waals surface area contributed by atoms with Crippen molar-refractivity contribution >= 4 is 6.47 Å². The summed E-state index contributed by atoms with van der Waals surface area (Å²) in [7, 11) is 0. The van der Waals surface area contributed by atoms with Gasteiger partial charge in [-0.05, 0) is 69.1 Å². The van der Waals surface area contributed by atoms with Crippen molar-refractivity contribution in [3.05, 3.63) is 0 Å². The van der Waals surface area contributed by atoms with E-state index in [2.05, 4.69) is 6.92 Å². The van der Waals surface area contributed by atoms with Gasteiger partial charge < -0.3 is 9.47 Å². The van der Waals surface area contributed by atoms with Gasteiger partial charge in [-0.15, -0.1) is 0 Å². The van der Waals surface area contributed by atoms with Crippen LogP contribution in [0, 0.1) is 17.8 Å². The molecule has 0 aromatic rings. The zero-order chi connectivity index (χ0) is 17.7. The molecule has 0 aromatic heterocycles. The highest BCUT2D eigenvalue weighted by atomic mass is 16.5. The molecule has 2 aliphatic rings. The smallest absolute Gasteiger partial charge is 0.293 e. The number of rotatable bonds is 12. The highest BCUT2D eigenvalue weighted by Gasteiger charge is 2.30. The molecule has 146 valence electrons. The number of carbonyl (C=O) groups excluding carboxylic acids is 1. The summed E-state index contributed by atoms with van der Waals surface area (Å²) in [6.07, 6.45) is 19.3. The Hall–Kier alpha value is -0.570. The van der Waals surface area contributed by atoms with Crippen molar-refractivity contribution in [2.24, 2.45) is 17.8 Å². The van der Waals surface area contributed by atoms with Crippen LogP contribution in [0.1, 0.15) is 96.8 Å². The van der Waals surface area contributed by atoms with Gasteiger partial charge in [0.1, 0.15) is 0 Å². The van der Waals surface area contributed by atoms with Crippen LogP contribution >= 0.6 is 0 Å². The van der Waals surface area contributed by atoms with Crippen molar-refractivity contribution in [1.82, 2.24) is 0 Å². The molecular weight excluding hydrogens is 312 g/mol. The van der Waals surface area contributed by atoms with Crippen LogP contribution in [0.3, 0.4) is 0 Å². The largest absolute Gasteiger partial charge is 0.468 e. The lowest BCUT2D eigenvalue weighted by atomic mass is 9.70. The fourth-order valence-corrected chi connectivity index (χ4v) is 4.94. The number of hydrogen-bond donors (Lipinski definition) is 0. The Kier molecular flexibility index (Phi) is 10.6. The second-order valence-corrected chi connectivity index (χ2v) is 8.36. The summed E-state index contributed by atoms with van der Waals surface area (Å²) in [5.74, 6) is 3.01. The molecule has 0 saturated heterocycles. The Labute approximate surface area is 155 Å². The van der Waals surface area contributed by atoms with Gasteiger partial charge in [0.25, 0.3) is 6.47 Å². The molecule has 25 heavy (non-hydrogen) atoms. The van der Waals surface area contributed by atoms with Crippen LogP contribution in [-0.4, -0.2) is 25.8 Å². The molecule has 2 aliphatic carbocycles. The third-order valence-corrected chi connectivity index (χ3v) is 6.57. The van der Waals surface area contributed by atoms with Gasteiger partial charge in [0.15, 0.2) is 0 Å². The van der Waals surface area contributed by atoms with Crippen LogP contribution in [0.25, 0.3) is 0 Å².